The molecule has 0 bridgehead atoms. The van der Waals surface area contributed by atoms with Crippen molar-refractivity contribution in [3.63, 3.8) is 0 Å². The van der Waals surface area contributed by atoms with Crippen molar-refractivity contribution in [3.05, 3.63) is 43.9 Å². The first-order chi connectivity index (χ1) is 11.9. The SMILES string of the molecule is COc1cc(OC)c([N+](=O)[O-])cc1/C=N\n1c(SC)nnc(C)c1=O. The van der Waals surface area contributed by atoms with Crippen molar-refractivity contribution in [2.75, 3.05) is 20.5 Å². The largest absolute Gasteiger partial charge is 0.496 e. The molecular formula is C14H15N5O5S. The van der Waals surface area contributed by atoms with Crippen LogP contribution in [0.25, 0.3) is 0 Å². The Labute approximate surface area is 146 Å². The number of rotatable bonds is 6. The molecule has 11 heteroatoms. The van der Waals surface area contributed by atoms with E-state index in [9.17, 15) is 14.9 Å². The molecule has 0 aliphatic carbocycles. The highest BCUT2D eigenvalue weighted by atomic mass is 32.2. The lowest BCUT2D eigenvalue weighted by Crippen LogP contribution is -2.23. The third-order valence-corrected chi connectivity index (χ3v) is 3.81. The Kier molecular flexibility index (Phi) is 5.70. The highest BCUT2D eigenvalue weighted by molar-refractivity contribution is 7.98. The average Bonchev–Trinajstić information content (AvgIpc) is 2.61. The molecule has 1 aromatic heterocycles. The number of benzene rings is 1. The van der Waals surface area contributed by atoms with Crippen molar-refractivity contribution in [2.24, 2.45) is 5.10 Å². The Morgan fingerprint density at radius 1 is 1.28 bits per heavy atom. The monoisotopic (exact) mass is 365 g/mol. The number of nitro benzene ring substituents is 1. The van der Waals surface area contributed by atoms with Crippen LogP contribution in [0.4, 0.5) is 5.69 Å². The molecule has 0 fully saturated rings. The summed E-state index contributed by atoms with van der Waals surface area (Å²) >= 11 is 1.19. The predicted octanol–water partition coefficient (Wildman–Crippen LogP) is 1.48. The molecule has 25 heavy (non-hydrogen) atoms. The van der Waals surface area contributed by atoms with Gasteiger partial charge in [-0.05, 0) is 13.2 Å². The van der Waals surface area contributed by atoms with E-state index in [1.165, 1.54) is 51.3 Å². The van der Waals surface area contributed by atoms with E-state index in [-0.39, 0.29) is 22.3 Å². The van der Waals surface area contributed by atoms with E-state index in [1.807, 2.05) is 0 Å². The average molecular weight is 365 g/mol. The Morgan fingerprint density at radius 2 is 1.96 bits per heavy atom. The van der Waals surface area contributed by atoms with Crippen molar-refractivity contribution in [1.29, 1.82) is 0 Å². The van der Waals surface area contributed by atoms with E-state index in [0.717, 1.165) is 4.68 Å². The molecule has 0 atom stereocenters. The summed E-state index contributed by atoms with van der Waals surface area (Å²) in [5, 5.41) is 23.2. The molecule has 1 heterocycles. The molecule has 2 rings (SSSR count). The zero-order valence-corrected chi connectivity index (χ0v) is 14.7. The predicted molar refractivity (Wildman–Crippen MR) is 92.0 cm³/mol. The number of nitrogens with zero attached hydrogens (tertiary/aromatic N) is 5. The second kappa shape index (κ2) is 7.75. The minimum Gasteiger partial charge on any atom is -0.496 e. The molecule has 2 aromatic rings. The van der Waals surface area contributed by atoms with Crippen molar-refractivity contribution in [3.8, 4) is 11.5 Å². The number of ether oxygens (including phenoxy) is 2. The number of aryl methyl sites for hydroxylation is 1. The highest BCUT2D eigenvalue weighted by Crippen LogP contribution is 2.33. The van der Waals surface area contributed by atoms with Gasteiger partial charge in [0, 0.05) is 17.7 Å². The first-order valence-corrected chi connectivity index (χ1v) is 8.10. The minimum atomic E-state index is -0.576. The molecule has 10 nitrogen and oxygen atoms in total. The third kappa shape index (κ3) is 3.76. The van der Waals surface area contributed by atoms with Crippen molar-refractivity contribution < 1.29 is 14.4 Å². The van der Waals surface area contributed by atoms with Crippen LogP contribution in [0.2, 0.25) is 0 Å². The van der Waals surface area contributed by atoms with Crippen LogP contribution >= 0.6 is 11.8 Å². The molecule has 0 aliphatic heterocycles. The molecule has 0 saturated carbocycles. The van der Waals surface area contributed by atoms with Gasteiger partial charge in [-0.2, -0.15) is 9.78 Å². The highest BCUT2D eigenvalue weighted by Gasteiger charge is 2.19. The number of nitro groups is 1. The first-order valence-electron chi connectivity index (χ1n) is 6.88. The molecule has 0 unspecified atom stereocenters. The summed E-state index contributed by atoms with van der Waals surface area (Å²) in [5.41, 5.74) is -0.185. The minimum absolute atomic E-state index is 0.0578. The second-order valence-corrected chi connectivity index (χ2v) is 5.43. The van der Waals surface area contributed by atoms with Crippen molar-refractivity contribution in [2.45, 2.75) is 12.1 Å². The molecule has 0 radical (unpaired) electrons. The zero-order valence-electron chi connectivity index (χ0n) is 13.9. The van der Waals surface area contributed by atoms with Crippen LogP contribution in [0.15, 0.2) is 27.2 Å². The van der Waals surface area contributed by atoms with Crippen LogP contribution in [0.5, 0.6) is 11.5 Å². The summed E-state index contributed by atoms with van der Waals surface area (Å²) in [7, 11) is 2.74. The second-order valence-electron chi connectivity index (χ2n) is 4.66. The van der Waals surface area contributed by atoms with Crippen LogP contribution in [-0.2, 0) is 0 Å². The zero-order chi connectivity index (χ0) is 18.6. The van der Waals surface area contributed by atoms with Gasteiger partial charge in [-0.1, -0.05) is 11.8 Å². The van der Waals surface area contributed by atoms with E-state index in [1.54, 1.807) is 6.26 Å². The summed E-state index contributed by atoms with van der Waals surface area (Å²) in [4.78, 5) is 22.8. The molecule has 0 spiro atoms. The Morgan fingerprint density at radius 3 is 2.52 bits per heavy atom. The smallest absolute Gasteiger partial charge is 0.311 e. The summed E-state index contributed by atoms with van der Waals surface area (Å²) in [6.45, 7) is 1.52. The van der Waals surface area contributed by atoms with Crippen molar-refractivity contribution in [1.82, 2.24) is 14.9 Å². The van der Waals surface area contributed by atoms with Crippen LogP contribution in [0.3, 0.4) is 0 Å². The molecule has 0 saturated heterocycles. The number of hydrogen-bond donors (Lipinski definition) is 0. The maximum Gasteiger partial charge on any atom is 0.311 e. The van der Waals surface area contributed by atoms with E-state index < -0.39 is 10.5 Å². The van der Waals surface area contributed by atoms with Crippen LogP contribution in [0, 0.1) is 17.0 Å². The van der Waals surface area contributed by atoms with Gasteiger partial charge in [0.1, 0.15) is 11.4 Å². The van der Waals surface area contributed by atoms with Crippen LogP contribution in [-0.4, -0.2) is 46.5 Å². The quantitative estimate of drug-likeness (QED) is 0.326. The van der Waals surface area contributed by atoms with Crippen LogP contribution < -0.4 is 15.0 Å². The van der Waals surface area contributed by atoms with Gasteiger partial charge in [-0.25, -0.2) is 0 Å². The fraction of sp³-hybridized carbons (Fsp3) is 0.286. The van der Waals surface area contributed by atoms with Crippen molar-refractivity contribution >= 4 is 23.7 Å². The summed E-state index contributed by atoms with van der Waals surface area (Å²) in [6, 6.07) is 2.64. The fourth-order valence-electron chi connectivity index (χ4n) is 1.94. The lowest BCUT2D eigenvalue weighted by atomic mass is 10.1. The summed E-state index contributed by atoms with van der Waals surface area (Å²) in [5.74, 6) is 0.367. The molecule has 1 aromatic carbocycles. The van der Waals surface area contributed by atoms with Gasteiger partial charge in [0.05, 0.1) is 25.4 Å². The number of hydrogen-bond acceptors (Lipinski definition) is 9. The van der Waals surface area contributed by atoms with E-state index in [0.29, 0.717) is 11.3 Å². The summed E-state index contributed by atoms with van der Waals surface area (Å²) < 4.78 is 11.3. The lowest BCUT2D eigenvalue weighted by Gasteiger charge is -2.08. The molecule has 0 aliphatic rings. The standard InChI is InChI=1S/C14H15N5O5S/c1-8-13(20)18(14(25-4)17-16-8)15-7-9-5-10(19(21)22)12(24-3)6-11(9)23-2/h5-7H,1-4H3/b15-7-. The Balaban J connectivity index is 2.59. The normalized spacial score (nSPS) is 10.9. The summed E-state index contributed by atoms with van der Waals surface area (Å²) in [6.07, 6.45) is 3.01. The third-order valence-electron chi connectivity index (χ3n) is 3.19. The van der Waals surface area contributed by atoms with E-state index >= 15 is 0 Å². The maximum atomic E-state index is 12.2. The number of aromatic nitrogens is 3. The fourth-order valence-corrected chi connectivity index (χ4v) is 2.37. The Bertz CT molecular complexity index is 896. The topological polar surface area (TPSA) is 122 Å². The van der Waals surface area contributed by atoms with Gasteiger partial charge in [0.2, 0.25) is 10.9 Å². The van der Waals surface area contributed by atoms with E-state index in [2.05, 4.69) is 15.3 Å². The molecule has 0 N–H and O–H groups in total. The van der Waals surface area contributed by atoms with Gasteiger partial charge in [-0.15, -0.1) is 10.2 Å². The van der Waals surface area contributed by atoms with E-state index in [4.69, 9.17) is 9.47 Å². The van der Waals surface area contributed by atoms with Gasteiger partial charge in [0.15, 0.2) is 0 Å². The molecule has 132 valence electrons. The number of methoxy groups -OCH3 is 2. The number of thioether (sulfide) groups is 1. The molecule has 0 amide bonds. The lowest BCUT2D eigenvalue weighted by molar-refractivity contribution is -0.385. The van der Waals surface area contributed by atoms with Gasteiger partial charge >= 0.3 is 5.69 Å². The van der Waals surface area contributed by atoms with Gasteiger partial charge in [0.25, 0.3) is 5.56 Å². The maximum absolute atomic E-state index is 12.2. The molecular weight excluding hydrogens is 350 g/mol. The van der Waals surface area contributed by atoms with Gasteiger partial charge in [-0.3, -0.25) is 14.9 Å². The van der Waals surface area contributed by atoms with Gasteiger partial charge < -0.3 is 9.47 Å². The Hall–Kier alpha value is -2.95. The van der Waals surface area contributed by atoms with Crippen LogP contribution in [0.1, 0.15) is 11.3 Å². The first kappa shape index (κ1) is 18.4.